The SMILES string of the molecule is CCOC(=O)[C@@H](C)Oc1c(I)cc(/C=C2\NC(=O)N(Cc3ccc(C(=O)OC)o3)C2=O)cc1I. The number of methoxy groups -OCH3 is 1. The van der Waals surface area contributed by atoms with Gasteiger partial charge in [-0.15, -0.1) is 0 Å². The molecule has 0 unspecified atom stereocenters. The molecule has 34 heavy (non-hydrogen) atoms. The Morgan fingerprint density at radius 3 is 2.50 bits per heavy atom. The summed E-state index contributed by atoms with van der Waals surface area (Å²) in [6.07, 6.45) is 0.766. The molecule has 0 saturated carbocycles. The lowest BCUT2D eigenvalue weighted by Gasteiger charge is -2.16. The molecule has 0 spiro atoms. The van der Waals surface area contributed by atoms with E-state index < -0.39 is 30.0 Å². The maximum Gasteiger partial charge on any atom is 0.373 e. The highest BCUT2D eigenvalue weighted by molar-refractivity contribution is 14.1. The van der Waals surface area contributed by atoms with E-state index in [0.29, 0.717) is 18.5 Å². The zero-order valence-electron chi connectivity index (χ0n) is 18.3. The summed E-state index contributed by atoms with van der Waals surface area (Å²) in [4.78, 5) is 49.5. The Bertz CT molecular complexity index is 1150. The van der Waals surface area contributed by atoms with Gasteiger partial charge in [0.2, 0.25) is 5.76 Å². The van der Waals surface area contributed by atoms with Gasteiger partial charge in [-0.05, 0) is 94.9 Å². The molecule has 3 rings (SSSR count). The van der Waals surface area contributed by atoms with E-state index in [2.05, 4.69) is 55.2 Å². The monoisotopic (exact) mass is 694 g/mol. The zero-order chi connectivity index (χ0) is 25.0. The number of nitrogens with zero attached hydrogens (tertiary/aromatic N) is 1. The number of esters is 2. The Kier molecular flexibility index (Phi) is 8.57. The average Bonchev–Trinajstić information content (AvgIpc) is 3.36. The van der Waals surface area contributed by atoms with Crippen molar-refractivity contribution in [3.05, 3.63) is 54.2 Å². The highest BCUT2D eigenvalue weighted by Crippen LogP contribution is 2.31. The van der Waals surface area contributed by atoms with E-state index in [9.17, 15) is 19.2 Å². The summed E-state index contributed by atoms with van der Waals surface area (Å²) in [5.41, 5.74) is 0.742. The summed E-state index contributed by atoms with van der Waals surface area (Å²) in [6.45, 7) is 3.44. The Labute approximate surface area is 222 Å². The number of ether oxygens (including phenoxy) is 3. The van der Waals surface area contributed by atoms with Gasteiger partial charge in [0.15, 0.2) is 6.10 Å². The van der Waals surface area contributed by atoms with Crippen molar-refractivity contribution >= 4 is 75.1 Å². The minimum absolute atomic E-state index is 0.0240. The lowest BCUT2D eigenvalue weighted by molar-refractivity contribution is -0.150. The van der Waals surface area contributed by atoms with E-state index >= 15 is 0 Å². The number of benzene rings is 1. The largest absolute Gasteiger partial charge is 0.477 e. The molecule has 1 aromatic heterocycles. The van der Waals surface area contributed by atoms with E-state index in [-0.39, 0.29) is 30.4 Å². The number of carbonyl (C=O) groups excluding carboxylic acids is 4. The molecule has 1 atom stereocenters. The van der Waals surface area contributed by atoms with Crippen LogP contribution in [0.15, 0.2) is 34.4 Å². The van der Waals surface area contributed by atoms with Gasteiger partial charge < -0.3 is 23.9 Å². The first-order valence-corrected chi connectivity index (χ1v) is 12.1. The number of furan rings is 1. The van der Waals surface area contributed by atoms with Gasteiger partial charge in [0.1, 0.15) is 17.2 Å². The molecule has 1 fully saturated rings. The Hall–Kier alpha value is -2.62. The van der Waals surface area contributed by atoms with Crippen molar-refractivity contribution < 1.29 is 37.8 Å². The number of carbonyl (C=O) groups is 4. The van der Waals surface area contributed by atoms with Crippen molar-refractivity contribution in [2.45, 2.75) is 26.5 Å². The van der Waals surface area contributed by atoms with E-state index in [0.717, 1.165) is 4.90 Å². The molecule has 180 valence electrons. The van der Waals surface area contributed by atoms with Gasteiger partial charge in [-0.2, -0.15) is 0 Å². The summed E-state index contributed by atoms with van der Waals surface area (Å²) in [7, 11) is 1.22. The van der Waals surface area contributed by atoms with E-state index in [1.807, 2.05) is 0 Å². The van der Waals surface area contributed by atoms with Crippen molar-refractivity contribution in [3.63, 3.8) is 0 Å². The lowest BCUT2D eigenvalue weighted by atomic mass is 10.2. The molecule has 2 heterocycles. The van der Waals surface area contributed by atoms with Gasteiger partial charge in [-0.1, -0.05) is 0 Å². The van der Waals surface area contributed by atoms with Crippen LogP contribution >= 0.6 is 45.2 Å². The molecule has 10 nitrogen and oxygen atoms in total. The number of hydrogen-bond donors (Lipinski definition) is 1. The van der Waals surface area contributed by atoms with Crippen LogP contribution in [0.2, 0.25) is 0 Å². The third kappa shape index (κ3) is 5.89. The molecule has 1 aromatic carbocycles. The Balaban J connectivity index is 1.76. The van der Waals surface area contributed by atoms with Crippen molar-refractivity contribution in [3.8, 4) is 5.75 Å². The van der Waals surface area contributed by atoms with Crippen LogP contribution in [0.3, 0.4) is 0 Å². The van der Waals surface area contributed by atoms with E-state index in [1.165, 1.54) is 19.2 Å². The van der Waals surface area contributed by atoms with Gasteiger partial charge in [-0.25, -0.2) is 14.4 Å². The van der Waals surface area contributed by atoms with Crippen LogP contribution in [0, 0.1) is 7.14 Å². The van der Waals surface area contributed by atoms with Gasteiger partial charge in [0, 0.05) is 0 Å². The van der Waals surface area contributed by atoms with Crippen molar-refractivity contribution in [1.29, 1.82) is 0 Å². The number of rotatable bonds is 8. The van der Waals surface area contributed by atoms with Crippen LogP contribution in [0.5, 0.6) is 5.75 Å². The summed E-state index contributed by atoms with van der Waals surface area (Å²) in [6, 6.07) is 5.82. The highest BCUT2D eigenvalue weighted by atomic mass is 127. The fourth-order valence-electron chi connectivity index (χ4n) is 2.97. The third-order valence-electron chi connectivity index (χ3n) is 4.57. The minimum atomic E-state index is -0.781. The maximum atomic E-state index is 12.8. The fraction of sp³-hybridized carbons (Fsp3) is 0.273. The first-order chi connectivity index (χ1) is 16.1. The average molecular weight is 694 g/mol. The fourth-order valence-corrected chi connectivity index (χ4v) is 5.04. The summed E-state index contributed by atoms with van der Waals surface area (Å²) >= 11 is 4.14. The van der Waals surface area contributed by atoms with E-state index in [1.54, 1.807) is 32.1 Å². The number of urea groups is 1. The molecule has 1 saturated heterocycles. The van der Waals surface area contributed by atoms with Crippen molar-refractivity contribution in [1.82, 2.24) is 10.2 Å². The second kappa shape index (κ2) is 11.2. The number of hydrogen-bond acceptors (Lipinski definition) is 8. The Morgan fingerprint density at radius 1 is 1.21 bits per heavy atom. The third-order valence-corrected chi connectivity index (χ3v) is 6.17. The van der Waals surface area contributed by atoms with Gasteiger partial charge in [-0.3, -0.25) is 9.69 Å². The van der Waals surface area contributed by atoms with Crippen LogP contribution in [0.4, 0.5) is 4.79 Å². The smallest absolute Gasteiger partial charge is 0.373 e. The van der Waals surface area contributed by atoms with E-state index in [4.69, 9.17) is 13.9 Å². The quantitative estimate of drug-likeness (QED) is 0.192. The van der Waals surface area contributed by atoms with Crippen molar-refractivity contribution in [2.24, 2.45) is 0 Å². The predicted octanol–water partition coefficient (Wildman–Crippen LogP) is 3.70. The van der Waals surface area contributed by atoms with Crippen LogP contribution in [0.1, 0.15) is 35.7 Å². The molecule has 1 N–H and O–H groups in total. The standard InChI is InChI=1S/C22H20I2N2O8/c1-4-32-20(28)11(2)33-18-14(23)7-12(8-15(18)24)9-16-19(27)26(22(30)25-16)10-13-5-6-17(34-13)21(29)31-3/h5-9,11H,4,10H2,1-3H3,(H,25,30)/b16-9-/t11-/m1/s1. The summed E-state index contributed by atoms with van der Waals surface area (Å²) in [5, 5.41) is 2.55. The number of nitrogens with one attached hydrogen (secondary N) is 1. The summed E-state index contributed by atoms with van der Waals surface area (Å²) < 4.78 is 22.1. The zero-order valence-corrected chi connectivity index (χ0v) is 22.7. The van der Waals surface area contributed by atoms with Crippen LogP contribution < -0.4 is 10.1 Å². The Morgan fingerprint density at radius 2 is 1.88 bits per heavy atom. The van der Waals surface area contributed by atoms with Crippen molar-refractivity contribution in [2.75, 3.05) is 13.7 Å². The molecule has 2 aromatic rings. The molecule has 1 aliphatic rings. The first kappa shape index (κ1) is 26.0. The number of halogens is 2. The summed E-state index contributed by atoms with van der Waals surface area (Å²) in [5.74, 6) is -0.906. The predicted molar refractivity (Wildman–Crippen MR) is 136 cm³/mol. The normalized spacial score (nSPS) is 15.3. The van der Waals surface area contributed by atoms with Crippen LogP contribution in [-0.4, -0.2) is 48.6 Å². The second-order valence-corrected chi connectivity index (χ2v) is 9.29. The number of amides is 3. The molecule has 3 amide bonds. The molecular weight excluding hydrogens is 674 g/mol. The van der Waals surface area contributed by atoms with Crippen LogP contribution in [0.25, 0.3) is 6.08 Å². The number of imide groups is 1. The molecule has 0 bridgehead atoms. The molecular formula is C22H20I2N2O8. The second-order valence-electron chi connectivity index (χ2n) is 6.96. The molecule has 1 aliphatic heterocycles. The van der Waals surface area contributed by atoms with Gasteiger partial charge in [0.25, 0.3) is 5.91 Å². The highest BCUT2D eigenvalue weighted by Gasteiger charge is 2.34. The maximum absolute atomic E-state index is 12.8. The molecule has 12 heteroatoms. The lowest BCUT2D eigenvalue weighted by Crippen LogP contribution is -2.30. The minimum Gasteiger partial charge on any atom is -0.477 e. The van der Waals surface area contributed by atoms with Gasteiger partial charge >= 0.3 is 18.0 Å². The molecule has 0 aliphatic carbocycles. The molecule has 0 radical (unpaired) electrons. The topological polar surface area (TPSA) is 124 Å². The van der Waals surface area contributed by atoms with Crippen LogP contribution in [-0.2, 0) is 25.6 Å². The van der Waals surface area contributed by atoms with Gasteiger partial charge in [0.05, 0.1) is 27.4 Å². The first-order valence-electron chi connectivity index (χ1n) is 9.98.